The van der Waals surface area contributed by atoms with Gasteiger partial charge in [-0.2, -0.15) is 5.26 Å². The van der Waals surface area contributed by atoms with Gasteiger partial charge in [0.2, 0.25) is 0 Å². The van der Waals surface area contributed by atoms with Crippen molar-refractivity contribution in [3.8, 4) is 6.07 Å². The maximum absolute atomic E-state index is 8.94. The summed E-state index contributed by atoms with van der Waals surface area (Å²) >= 11 is 0. The summed E-state index contributed by atoms with van der Waals surface area (Å²) in [6.07, 6.45) is 0. The molecule has 0 fully saturated rings. The average molecular weight is 276 g/mol. The SMILES string of the molecule is C=C(Nc1cccc(C#N)c1)c1cccc(C(C)(C)C)c1. The molecule has 2 heteroatoms. The highest BCUT2D eigenvalue weighted by Crippen LogP contribution is 2.25. The highest BCUT2D eigenvalue weighted by molar-refractivity contribution is 5.76. The van der Waals surface area contributed by atoms with Crippen molar-refractivity contribution in [3.05, 3.63) is 71.8 Å². The van der Waals surface area contributed by atoms with Crippen LogP contribution in [0.25, 0.3) is 5.70 Å². The zero-order chi connectivity index (χ0) is 15.5. The van der Waals surface area contributed by atoms with Gasteiger partial charge in [0.25, 0.3) is 0 Å². The fraction of sp³-hybridized carbons (Fsp3) is 0.211. The summed E-state index contributed by atoms with van der Waals surface area (Å²) in [6, 6.07) is 17.9. The van der Waals surface area contributed by atoms with Gasteiger partial charge in [-0.1, -0.05) is 51.6 Å². The Labute approximate surface area is 126 Å². The summed E-state index contributed by atoms with van der Waals surface area (Å²) in [5.74, 6) is 0. The van der Waals surface area contributed by atoms with E-state index in [-0.39, 0.29) is 5.41 Å². The Balaban J connectivity index is 2.23. The third-order valence-corrected chi connectivity index (χ3v) is 3.36. The Morgan fingerprint density at radius 2 is 1.81 bits per heavy atom. The van der Waals surface area contributed by atoms with Crippen molar-refractivity contribution < 1.29 is 0 Å². The van der Waals surface area contributed by atoms with E-state index in [2.05, 4.69) is 56.9 Å². The largest absolute Gasteiger partial charge is 0.355 e. The molecule has 0 saturated carbocycles. The van der Waals surface area contributed by atoms with Crippen LogP contribution < -0.4 is 5.32 Å². The molecule has 0 amide bonds. The van der Waals surface area contributed by atoms with Gasteiger partial charge >= 0.3 is 0 Å². The van der Waals surface area contributed by atoms with E-state index in [0.717, 1.165) is 16.9 Å². The molecule has 2 aromatic rings. The van der Waals surface area contributed by atoms with Gasteiger partial charge in [-0.05, 0) is 40.8 Å². The minimum atomic E-state index is 0.108. The quantitative estimate of drug-likeness (QED) is 0.862. The molecule has 0 radical (unpaired) electrons. The van der Waals surface area contributed by atoms with Crippen LogP contribution in [0.3, 0.4) is 0 Å². The Morgan fingerprint density at radius 1 is 1.10 bits per heavy atom. The highest BCUT2D eigenvalue weighted by Gasteiger charge is 2.14. The van der Waals surface area contributed by atoms with Crippen LogP contribution >= 0.6 is 0 Å². The molecule has 0 aromatic heterocycles. The van der Waals surface area contributed by atoms with E-state index in [1.54, 1.807) is 6.07 Å². The van der Waals surface area contributed by atoms with Crippen LogP contribution in [0.4, 0.5) is 5.69 Å². The van der Waals surface area contributed by atoms with Gasteiger partial charge in [-0.25, -0.2) is 0 Å². The van der Waals surface area contributed by atoms with Gasteiger partial charge in [0.15, 0.2) is 0 Å². The Bertz CT molecular complexity index is 700. The first-order valence-electron chi connectivity index (χ1n) is 6.97. The Hall–Kier alpha value is -2.53. The second kappa shape index (κ2) is 5.85. The molecule has 2 aromatic carbocycles. The summed E-state index contributed by atoms with van der Waals surface area (Å²) in [7, 11) is 0. The minimum Gasteiger partial charge on any atom is -0.355 e. The van der Waals surface area contributed by atoms with Gasteiger partial charge in [0, 0.05) is 11.4 Å². The van der Waals surface area contributed by atoms with Crippen molar-refractivity contribution in [1.29, 1.82) is 5.26 Å². The molecule has 0 bridgehead atoms. The van der Waals surface area contributed by atoms with E-state index in [9.17, 15) is 0 Å². The second-order valence-corrected chi connectivity index (χ2v) is 6.13. The number of benzene rings is 2. The van der Waals surface area contributed by atoms with Crippen molar-refractivity contribution in [1.82, 2.24) is 0 Å². The number of nitrogens with zero attached hydrogens (tertiary/aromatic N) is 1. The van der Waals surface area contributed by atoms with Gasteiger partial charge in [0.1, 0.15) is 0 Å². The van der Waals surface area contributed by atoms with Crippen molar-refractivity contribution >= 4 is 11.4 Å². The molecule has 0 aliphatic carbocycles. The van der Waals surface area contributed by atoms with Gasteiger partial charge in [0.05, 0.1) is 11.6 Å². The fourth-order valence-corrected chi connectivity index (χ4v) is 2.09. The molecule has 2 nitrogen and oxygen atoms in total. The van der Waals surface area contributed by atoms with Crippen LogP contribution in [0.1, 0.15) is 37.5 Å². The molecular weight excluding hydrogens is 256 g/mol. The third-order valence-electron chi connectivity index (χ3n) is 3.36. The molecule has 0 aliphatic rings. The zero-order valence-electron chi connectivity index (χ0n) is 12.8. The molecule has 0 heterocycles. The topological polar surface area (TPSA) is 35.8 Å². The standard InChI is InChI=1S/C19H20N2/c1-14(21-18-10-5-7-15(11-18)13-20)16-8-6-9-17(12-16)19(2,3)4/h5-12,21H,1H2,2-4H3. The number of anilines is 1. The van der Waals surface area contributed by atoms with Crippen LogP contribution in [0.2, 0.25) is 0 Å². The lowest BCUT2D eigenvalue weighted by atomic mass is 9.86. The van der Waals surface area contributed by atoms with E-state index in [1.807, 2.05) is 24.3 Å². The van der Waals surface area contributed by atoms with E-state index in [1.165, 1.54) is 5.56 Å². The number of nitriles is 1. The lowest BCUT2D eigenvalue weighted by Crippen LogP contribution is -2.11. The van der Waals surface area contributed by atoms with Crippen LogP contribution in [0.15, 0.2) is 55.1 Å². The molecule has 0 spiro atoms. The molecule has 0 unspecified atom stereocenters. The minimum absolute atomic E-state index is 0.108. The second-order valence-electron chi connectivity index (χ2n) is 6.13. The third kappa shape index (κ3) is 3.73. The number of nitrogens with one attached hydrogen (secondary N) is 1. The Morgan fingerprint density at radius 3 is 2.48 bits per heavy atom. The number of hydrogen-bond acceptors (Lipinski definition) is 2. The normalized spacial score (nSPS) is 10.8. The molecular formula is C19H20N2. The molecule has 0 aliphatic heterocycles. The zero-order valence-corrected chi connectivity index (χ0v) is 12.8. The van der Waals surface area contributed by atoms with E-state index in [4.69, 9.17) is 5.26 Å². The highest BCUT2D eigenvalue weighted by atomic mass is 14.9. The molecule has 0 saturated heterocycles. The molecule has 106 valence electrons. The molecule has 1 N–H and O–H groups in total. The van der Waals surface area contributed by atoms with E-state index in [0.29, 0.717) is 5.56 Å². The summed E-state index contributed by atoms with van der Waals surface area (Å²) in [5, 5.41) is 12.2. The summed E-state index contributed by atoms with van der Waals surface area (Å²) < 4.78 is 0. The van der Waals surface area contributed by atoms with Crippen molar-refractivity contribution in [2.75, 3.05) is 5.32 Å². The van der Waals surface area contributed by atoms with Crippen LogP contribution in [-0.2, 0) is 5.41 Å². The maximum Gasteiger partial charge on any atom is 0.0992 e. The Kier molecular flexibility index (Phi) is 4.14. The van der Waals surface area contributed by atoms with Crippen LogP contribution in [-0.4, -0.2) is 0 Å². The van der Waals surface area contributed by atoms with Gasteiger partial charge < -0.3 is 5.32 Å². The van der Waals surface area contributed by atoms with E-state index < -0.39 is 0 Å². The smallest absolute Gasteiger partial charge is 0.0992 e. The van der Waals surface area contributed by atoms with Gasteiger partial charge in [-0.15, -0.1) is 0 Å². The summed E-state index contributed by atoms with van der Waals surface area (Å²) in [6.45, 7) is 10.7. The van der Waals surface area contributed by atoms with Crippen molar-refractivity contribution in [3.63, 3.8) is 0 Å². The number of hydrogen-bond donors (Lipinski definition) is 1. The van der Waals surface area contributed by atoms with Crippen LogP contribution in [0, 0.1) is 11.3 Å². The lowest BCUT2D eigenvalue weighted by molar-refractivity contribution is 0.590. The van der Waals surface area contributed by atoms with Gasteiger partial charge in [-0.3, -0.25) is 0 Å². The summed E-state index contributed by atoms with van der Waals surface area (Å²) in [5.41, 5.74) is 4.78. The first-order valence-corrected chi connectivity index (χ1v) is 6.97. The first-order chi connectivity index (χ1) is 9.90. The maximum atomic E-state index is 8.94. The average Bonchev–Trinajstić information content (AvgIpc) is 2.46. The fourth-order valence-electron chi connectivity index (χ4n) is 2.09. The molecule has 0 atom stereocenters. The van der Waals surface area contributed by atoms with Crippen molar-refractivity contribution in [2.45, 2.75) is 26.2 Å². The predicted molar refractivity (Wildman–Crippen MR) is 89.0 cm³/mol. The molecule has 2 rings (SSSR count). The lowest BCUT2D eigenvalue weighted by Gasteiger charge is -2.20. The molecule has 21 heavy (non-hydrogen) atoms. The monoisotopic (exact) mass is 276 g/mol. The summed E-state index contributed by atoms with van der Waals surface area (Å²) in [4.78, 5) is 0. The number of rotatable bonds is 3. The van der Waals surface area contributed by atoms with E-state index >= 15 is 0 Å². The van der Waals surface area contributed by atoms with Crippen molar-refractivity contribution in [2.24, 2.45) is 0 Å². The van der Waals surface area contributed by atoms with Crippen LogP contribution in [0.5, 0.6) is 0 Å². The first kappa shape index (κ1) is 14.9. The predicted octanol–water partition coefficient (Wildman–Crippen LogP) is 4.94.